The zero-order valence-electron chi connectivity index (χ0n) is 21.5. The summed E-state index contributed by atoms with van der Waals surface area (Å²) in [5.74, 6) is 0.715. The van der Waals surface area contributed by atoms with E-state index < -0.39 is 0 Å². The quantitative estimate of drug-likeness (QED) is 0.226. The monoisotopic (exact) mass is 523 g/mol. The van der Waals surface area contributed by atoms with Crippen LogP contribution < -0.4 is 10.1 Å². The van der Waals surface area contributed by atoms with E-state index in [4.69, 9.17) is 21.3 Å². The number of methoxy groups -OCH3 is 1. The fraction of sp³-hybridized carbons (Fsp3) is 0.188. The molecular formula is C32H30ClN3O2. The van der Waals surface area contributed by atoms with Crippen LogP contribution in [0.2, 0.25) is 5.02 Å². The summed E-state index contributed by atoms with van der Waals surface area (Å²) in [4.78, 5) is 18.3. The van der Waals surface area contributed by atoms with Gasteiger partial charge >= 0.3 is 0 Å². The summed E-state index contributed by atoms with van der Waals surface area (Å²) in [7, 11) is 1.66. The van der Waals surface area contributed by atoms with Gasteiger partial charge in [-0.3, -0.25) is 9.78 Å². The molecule has 0 aliphatic rings. The largest absolute Gasteiger partial charge is 0.497 e. The highest BCUT2D eigenvalue weighted by atomic mass is 35.5. The molecule has 6 heteroatoms. The van der Waals surface area contributed by atoms with Crippen LogP contribution in [0.15, 0.2) is 97.3 Å². The van der Waals surface area contributed by atoms with E-state index >= 15 is 0 Å². The molecule has 0 bridgehead atoms. The number of nitrogens with one attached hydrogen (secondary N) is 1. The molecule has 192 valence electrons. The Kier molecular flexibility index (Phi) is 7.75. The van der Waals surface area contributed by atoms with E-state index in [1.807, 2.05) is 72.8 Å². The molecule has 0 spiro atoms. The van der Waals surface area contributed by atoms with Gasteiger partial charge in [-0.15, -0.1) is 0 Å². The summed E-state index contributed by atoms with van der Waals surface area (Å²) < 4.78 is 7.61. The highest BCUT2D eigenvalue weighted by Gasteiger charge is 2.22. The Morgan fingerprint density at radius 3 is 2.55 bits per heavy atom. The molecule has 1 N–H and O–H groups in total. The molecular weight excluding hydrogens is 494 g/mol. The number of hydrogen-bond donors (Lipinski definition) is 1. The molecule has 38 heavy (non-hydrogen) atoms. The molecule has 5 nitrogen and oxygen atoms in total. The number of fused-ring (bicyclic) bond motifs is 1. The number of hydrogen-bond acceptors (Lipinski definition) is 3. The minimum atomic E-state index is -0.314. The molecule has 0 aliphatic heterocycles. The molecule has 5 aromatic rings. The smallest absolute Gasteiger partial charge is 0.225 e. The highest BCUT2D eigenvalue weighted by Crippen LogP contribution is 2.30. The Labute approximate surface area is 228 Å². The van der Waals surface area contributed by atoms with E-state index in [1.54, 1.807) is 13.3 Å². The predicted octanol–water partition coefficient (Wildman–Crippen LogP) is 7.03. The molecule has 5 rings (SSSR count). The molecule has 0 radical (unpaired) electrons. The predicted molar refractivity (Wildman–Crippen MR) is 154 cm³/mol. The van der Waals surface area contributed by atoms with Crippen LogP contribution in [0.4, 0.5) is 0 Å². The lowest BCUT2D eigenvalue weighted by atomic mass is 9.95. The van der Waals surface area contributed by atoms with Crippen molar-refractivity contribution < 1.29 is 9.53 Å². The maximum Gasteiger partial charge on any atom is 0.225 e. The summed E-state index contributed by atoms with van der Waals surface area (Å²) in [6, 6.07) is 27.5. The van der Waals surface area contributed by atoms with Gasteiger partial charge in [0.25, 0.3) is 0 Å². The van der Waals surface area contributed by atoms with Gasteiger partial charge in [-0.25, -0.2) is 0 Å². The number of rotatable bonds is 9. The first-order valence-electron chi connectivity index (χ1n) is 12.8. The van der Waals surface area contributed by atoms with E-state index in [-0.39, 0.29) is 18.4 Å². The molecule has 1 atom stereocenters. The fourth-order valence-corrected chi connectivity index (χ4v) is 5.06. The average Bonchev–Trinajstić information content (AvgIpc) is 3.30. The number of amides is 1. The number of aromatic nitrogens is 2. The maximum absolute atomic E-state index is 13.6. The van der Waals surface area contributed by atoms with Gasteiger partial charge in [-0.05, 0) is 66.4 Å². The molecule has 2 aromatic heterocycles. The van der Waals surface area contributed by atoms with Gasteiger partial charge in [0.2, 0.25) is 5.91 Å². The lowest BCUT2D eigenvalue weighted by molar-refractivity contribution is -0.121. The second-order valence-electron chi connectivity index (χ2n) is 9.25. The van der Waals surface area contributed by atoms with Crippen molar-refractivity contribution in [3.63, 3.8) is 0 Å². The van der Waals surface area contributed by atoms with Crippen molar-refractivity contribution in [3.05, 3.63) is 119 Å². The molecule has 0 saturated carbocycles. The SMILES string of the molecule is CCn1cc(CC(=O)N[C@@H](Cc2ccccc2)c2ncccc2-c2ccc(Cl)cc2)c2cc(OC)ccc21. The number of carbonyl (C=O) groups is 1. The minimum absolute atomic E-state index is 0.0587. The first kappa shape index (κ1) is 25.6. The molecule has 2 heterocycles. The van der Waals surface area contributed by atoms with Crippen LogP contribution in [0.3, 0.4) is 0 Å². The first-order valence-corrected chi connectivity index (χ1v) is 13.1. The fourth-order valence-electron chi connectivity index (χ4n) is 4.93. The van der Waals surface area contributed by atoms with Crippen molar-refractivity contribution >= 4 is 28.4 Å². The van der Waals surface area contributed by atoms with Gasteiger partial charge in [0, 0.05) is 40.4 Å². The van der Waals surface area contributed by atoms with E-state index in [2.05, 4.69) is 35.1 Å². The topological polar surface area (TPSA) is 56.2 Å². The zero-order valence-corrected chi connectivity index (χ0v) is 22.3. The van der Waals surface area contributed by atoms with Gasteiger partial charge in [-0.2, -0.15) is 0 Å². The standard InChI is InChI=1S/C32H30ClN3O2/c1-3-36-21-24(28-20-26(38-2)15-16-30(28)36)19-31(37)35-29(18-22-8-5-4-6-9-22)32-27(10-7-17-34-32)23-11-13-25(33)14-12-23/h4-17,20-21,29H,3,18-19H2,1-2H3,(H,35,37)/t29-/m0/s1. The van der Waals surface area contributed by atoms with Gasteiger partial charge in [0.1, 0.15) is 5.75 Å². The van der Waals surface area contributed by atoms with Crippen LogP contribution in [0, 0.1) is 0 Å². The Hall–Kier alpha value is -4.09. The number of halogens is 1. The lowest BCUT2D eigenvalue weighted by Crippen LogP contribution is -2.32. The van der Waals surface area contributed by atoms with Crippen molar-refractivity contribution in [2.24, 2.45) is 0 Å². The third-order valence-electron chi connectivity index (χ3n) is 6.80. The van der Waals surface area contributed by atoms with Crippen molar-refractivity contribution in [2.75, 3.05) is 7.11 Å². The summed E-state index contributed by atoms with van der Waals surface area (Å²) in [6.45, 7) is 2.92. The van der Waals surface area contributed by atoms with Crippen molar-refractivity contribution in [3.8, 4) is 16.9 Å². The van der Waals surface area contributed by atoms with E-state index in [9.17, 15) is 4.79 Å². The Bertz CT molecular complexity index is 1540. The lowest BCUT2D eigenvalue weighted by Gasteiger charge is -2.21. The summed E-state index contributed by atoms with van der Waals surface area (Å²) in [6.07, 6.45) is 4.72. The van der Waals surface area contributed by atoms with Crippen LogP contribution in [-0.2, 0) is 24.2 Å². The summed E-state index contributed by atoms with van der Waals surface area (Å²) in [5.41, 5.74) is 5.98. The number of nitrogens with zero attached hydrogens (tertiary/aromatic N) is 2. The van der Waals surface area contributed by atoms with Crippen LogP contribution >= 0.6 is 11.6 Å². The van der Waals surface area contributed by atoms with Gasteiger partial charge < -0.3 is 14.6 Å². The summed E-state index contributed by atoms with van der Waals surface area (Å²) in [5, 5.41) is 5.01. The van der Waals surface area contributed by atoms with Crippen LogP contribution in [0.5, 0.6) is 5.75 Å². The molecule has 0 unspecified atom stereocenters. The highest BCUT2D eigenvalue weighted by molar-refractivity contribution is 6.30. The first-order chi connectivity index (χ1) is 18.6. The average molecular weight is 524 g/mol. The zero-order chi connectivity index (χ0) is 26.5. The molecule has 1 amide bonds. The van der Waals surface area contributed by atoms with Crippen molar-refractivity contribution in [2.45, 2.75) is 32.4 Å². The number of ether oxygens (including phenoxy) is 1. The molecule has 0 aliphatic carbocycles. The molecule has 3 aromatic carbocycles. The third kappa shape index (κ3) is 5.58. The Balaban J connectivity index is 1.48. The minimum Gasteiger partial charge on any atom is -0.497 e. The van der Waals surface area contributed by atoms with Crippen LogP contribution in [0.25, 0.3) is 22.0 Å². The Morgan fingerprint density at radius 2 is 1.82 bits per heavy atom. The second kappa shape index (κ2) is 11.5. The van der Waals surface area contributed by atoms with E-state index in [0.717, 1.165) is 51.1 Å². The van der Waals surface area contributed by atoms with Gasteiger partial charge in [0.05, 0.1) is 25.3 Å². The van der Waals surface area contributed by atoms with Gasteiger partial charge in [-0.1, -0.05) is 60.1 Å². The van der Waals surface area contributed by atoms with Crippen LogP contribution in [0.1, 0.15) is 29.8 Å². The Morgan fingerprint density at radius 1 is 1.03 bits per heavy atom. The maximum atomic E-state index is 13.6. The van der Waals surface area contributed by atoms with Crippen molar-refractivity contribution in [1.29, 1.82) is 0 Å². The molecule has 0 saturated heterocycles. The number of aryl methyl sites for hydroxylation is 1. The normalized spacial score (nSPS) is 11.9. The van der Waals surface area contributed by atoms with Crippen LogP contribution in [-0.4, -0.2) is 22.6 Å². The summed E-state index contributed by atoms with van der Waals surface area (Å²) >= 11 is 6.15. The van der Waals surface area contributed by atoms with Gasteiger partial charge in [0.15, 0.2) is 0 Å². The van der Waals surface area contributed by atoms with E-state index in [1.165, 1.54) is 0 Å². The molecule has 0 fully saturated rings. The number of benzene rings is 3. The van der Waals surface area contributed by atoms with Crippen molar-refractivity contribution in [1.82, 2.24) is 14.9 Å². The van der Waals surface area contributed by atoms with E-state index in [0.29, 0.717) is 11.4 Å². The second-order valence-corrected chi connectivity index (χ2v) is 9.69. The third-order valence-corrected chi connectivity index (χ3v) is 7.06. The number of carbonyl (C=O) groups excluding carboxylic acids is 1. The number of pyridine rings is 1.